The average molecular weight is 337 g/mol. The number of hydrogen-bond donors (Lipinski definition) is 2. The first-order valence-electron chi connectivity index (χ1n) is 8.66. The third-order valence-electron chi connectivity index (χ3n) is 4.47. The van der Waals surface area contributed by atoms with E-state index < -0.39 is 0 Å². The number of nitrogens with zero attached hydrogens (tertiary/aromatic N) is 1. The van der Waals surface area contributed by atoms with Gasteiger partial charge in [0, 0.05) is 10.8 Å². The van der Waals surface area contributed by atoms with Gasteiger partial charge in [0.05, 0.1) is 5.54 Å². The van der Waals surface area contributed by atoms with Crippen molar-refractivity contribution in [2.45, 2.75) is 46.1 Å². The maximum atomic E-state index is 5.92. The Balaban J connectivity index is 1.89. The summed E-state index contributed by atoms with van der Waals surface area (Å²) in [5.74, 6) is 0.145. The number of para-hydroxylation sites is 1. The van der Waals surface area contributed by atoms with Crippen LogP contribution in [0, 0.1) is 5.41 Å². The number of aliphatic imine (C=N–C) groups is 1. The molecular weight excluding hydrogens is 310 g/mol. The lowest BCUT2D eigenvalue weighted by Crippen LogP contribution is -2.33. The molecule has 4 N–H and O–H groups in total. The molecule has 0 saturated carbocycles. The highest BCUT2D eigenvalue weighted by molar-refractivity contribution is 6.04. The molecule has 0 spiro atoms. The third-order valence-corrected chi connectivity index (χ3v) is 4.47. The second kappa shape index (κ2) is 6.10. The Morgan fingerprint density at radius 1 is 0.960 bits per heavy atom. The second-order valence-corrected chi connectivity index (χ2v) is 8.30. The first kappa shape index (κ1) is 17.3. The summed E-state index contributed by atoms with van der Waals surface area (Å²) in [6, 6.07) is 14.6. The van der Waals surface area contributed by atoms with Crippen molar-refractivity contribution < 1.29 is 4.42 Å². The van der Waals surface area contributed by atoms with Crippen LogP contribution in [-0.4, -0.2) is 11.5 Å². The molecule has 0 aliphatic rings. The van der Waals surface area contributed by atoms with E-state index in [1.807, 2.05) is 18.2 Å². The van der Waals surface area contributed by atoms with E-state index in [4.69, 9.17) is 15.9 Å². The number of benzene rings is 2. The van der Waals surface area contributed by atoms with Gasteiger partial charge in [-0.15, -0.1) is 0 Å². The van der Waals surface area contributed by atoms with Crippen molar-refractivity contribution in [3.05, 3.63) is 48.0 Å². The molecule has 4 heteroatoms. The summed E-state index contributed by atoms with van der Waals surface area (Å²) in [6.45, 7) is 8.66. The normalized spacial score (nSPS) is 12.6. The van der Waals surface area contributed by atoms with Gasteiger partial charge < -0.3 is 15.9 Å². The Kier molecular flexibility index (Phi) is 4.23. The van der Waals surface area contributed by atoms with Crippen molar-refractivity contribution in [2.24, 2.45) is 21.9 Å². The van der Waals surface area contributed by atoms with Gasteiger partial charge in [0.2, 0.25) is 0 Å². The third kappa shape index (κ3) is 3.95. The molecule has 4 nitrogen and oxygen atoms in total. The van der Waals surface area contributed by atoms with Crippen LogP contribution in [0.5, 0.6) is 0 Å². The van der Waals surface area contributed by atoms with Crippen LogP contribution in [0.1, 0.15) is 39.7 Å². The highest BCUT2D eigenvalue weighted by Crippen LogP contribution is 2.35. The summed E-state index contributed by atoms with van der Waals surface area (Å²) in [5.41, 5.74) is 14.1. The molecule has 0 aliphatic heterocycles. The molecule has 0 bridgehead atoms. The van der Waals surface area contributed by atoms with Gasteiger partial charge in [-0.3, -0.25) is 0 Å². The number of guanidine groups is 1. The summed E-state index contributed by atoms with van der Waals surface area (Å²) < 4.78 is 5.92. The SMILES string of the molecule is CC(C)(Cc1ccc2oc3ccccc3c2c1)CC(C)(C)N=C(N)N. The zero-order valence-electron chi connectivity index (χ0n) is 15.5. The molecule has 3 aromatic rings. The minimum Gasteiger partial charge on any atom is -0.456 e. The highest BCUT2D eigenvalue weighted by atomic mass is 16.3. The molecule has 0 fully saturated rings. The van der Waals surface area contributed by atoms with E-state index in [1.54, 1.807) is 0 Å². The van der Waals surface area contributed by atoms with Gasteiger partial charge in [0.25, 0.3) is 0 Å². The fourth-order valence-electron chi connectivity index (χ4n) is 4.06. The zero-order valence-corrected chi connectivity index (χ0v) is 15.5. The first-order chi connectivity index (χ1) is 11.7. The fraction of sp³-hybridized carbons (Fsp3) is 0.381. The lowest BCUT2D eigenvalue weighted by atomic mass is 9.76. The summed E-state index contributed by atoms with van der Waals surface area (Å²) in [6.07, 6.45) is 1.84. The lowest BCUT2D eigenvalue weighted by molar-refractivity contribution is 0.259. The molecule has 3 rings (SSSR count). The summed E-state index contributed by atoms with van der Waals surface area (Å²) in [4.78, 5) is 4.38. The van der Waals surface area contributed by atoms with E-state index >= 15 is 0 Å². The summed E-state index contributed by atoms with van der Waals surface area (Å²) >= 11 is 0. The van der Waals surface area contributed by atoms with Gasteiger partial charge in [-0.2, -0.15) is 0 Å². The molecule has 25 heavy (non-hydrogen) atoms. The van der Waals surface area contributed by atoms with Gasteiger partial charge in [-0.1, -0.05) is 38.1 Å². The minimum absolute atomic E-state index is 0.0651. The molecule has 0 amide bonds. The van der Waals surface area contributed by atoms with E-state index in [0.717, 1.165) is 29.4 Å². The standard InChI is InChI=1S/C21H27N3O/c1-20(2,13-21(3,4)24-19(22)23)12-14-9-10-18-16(11-14)15-7-5-6-8-17(15)25-18/h5-11H,12-13H2,1-4H3,(H4,22,23,24). The van der Waals surface area contributed by atoms with Crippen molar-refractivity contribution in [1.29, 1.82) is 0 Å². The molecule has 1 aromatic heterocycles. The van der Waals surface area contributed by atoms with E-state index in [9.17, 15) is 0 Å². The lowest BCUT2D eigenvalue weighted by Gasteiger charge is -2.32. The first-order valence-corrected chi connectivity index (χ1v) is 8.66. The van der Waals surface area contributed by atoms with Crippen LogP contribution in [0.25, 0.3) is 21.9 Å². The van der Waals surface area contributed by atoms with E-state index in [1.165, 1.54) is 10.9 Å². The summed E-state index contributed by atoms with van der Waals surface area (Å²) in [5, 5.41) is 2.34. The molecule has 0 radical (unpaired) electrons. The van der Waals surface area contributed by atoms with Gasteiger partial charge >= 0.3 is 0 Å². The number of furan rings is 1. The zero-order chi connectivity index (χ0) is 18.2. The van der Waals surface area contributed by atoms with Crippen LogP contribution in [0.2, 0.25) is 0 Å². The number of rotatable bonds is 5. The van der Waals surface area contributed by atoms with Crippen LogP contribution < -0.4 is 11.5 Å². The molecule has 1 heterocycles. The Morgan fingerprint density at radius 2 is 1.64 bits per heavy atom. The Bertz CT molecular complexity index is 931. The van der Waals surface area contributed by atoms with Crippen molar-refractivity contribution >= 4 is 27.9 Å². The average Bonchev–Trinajstić information content (AvgIpc) is 2.82. The van der Waals surface area contributed by atoms with Gasteiger partial charge in [0.1, 0.15) is 11.2 Å². The molecule has 0 unspecified atom stereocenters. The van der Waals surface area contributed by atoms with Crippen LogP contribution >= 0.6 is 0 Å². The summed E-state index contributed by atoms with van der Waals surface area (Å²) in [7, 11) is 0. The maximum absolute atomic E-state index is 5.92. The van der Waals surface area contributed by atoms with Crippen LogP contribution in [0.15, 0.2) is 51.9 Å². The smallest absolute Gasteiger partial charge is 0.186 e. The number of nitrogens with two attached hydrogens (primary N) is 2. The molecule has 0 aliphatic carbocycles. The minimum atomic E-state index is -0.283. The predicted molar refractivity (Wildman–Crippen MR) is 106 cm³/mol. The molecular formula is C21H27N3O. The Hall–Kier alpha value is -2.49. The largest absolute Gasteiger partial charge is 0.456 e. The molecule has 0 atom stereocenters. The number of hydrogen-bond acceptors (Lipinski definition) is 2. The van der Waals surface area contributed by atoms with Crippen molar-refractivity contribution in [2.75, 3.05) is 0 Å². The molecule has 132 valence electrons. The maximum Gasteiger partial charge on any atom is 0.186 e. The van der Waals surface area contributed by atoms with Gasteiger partial charge in [-0.05, 0) is 55.9 Å². The van der Waals surface area contributed by atoms with Crippen molar-refractivity contribution in [3.63, 3.8) is 0 Å². The monoisotopic (exact) mass is 337 g/mol. The van der Waals surface area contributed by atoms with Crippen molar-refractivity contribution in [1.82, 2.24) is 0 Å². The Morgan fingerprint density at radius 3 is 2.36 bits per heavy atom. The van der Waals surface area contributed by atoms with E-state index in [0.29, 0.717) is 0 Å². The van der Waals surface area contributed by atoms with Crippen LogP contribution in [0.4, 0.5) is 0 Å². The topological polar surface area (TPSA) is 77.5 Å². The fourth-order valence-corrected chi connectivity index (χ4v) is 4.06. The molecule has 0 saturated heterocycles. The van der Waals surface area contributed by atoms with Crippen LogP contribution in [0.3, 0.4) is 0 Å². The molecule has 2 aromatic carbocycles. The highest BCUT2D eigenvalue weighted by Gasteiger charge is 2.29. The quantitative estimate of drug-likeness (QED) is 0.528. The number of fused-ring (bicyclic) bond motifs is 3. The van der Waals surface area contributed by atoms with Crippen molar-refractivity contribution in [3.8, 4) is 0 Å². The van der Waals surface area contributed by atoms with Gasteiger partial charge in [0.15, 0.2) is 5.96 Å². The predicted octanol–water partition coefficient (Wildman–Crippen LogP) is 4.60. The van der Waals surface area contributed by atoms with E-state index in [2.05, 4.69) is 57.0 Å². The van der Waals surface area contributed by atoms with Gasteiger partial charge in [-0.25, -0.2) is 4.99 Å². The second-order valence-electron chi connectivity index (χ2n) is 8.30. The Labute approximate surface area is 148 Å². The van der Waals surface area contributed by atoms with Crippen LogP contribution in [-0.2, 0) is 6.42 Å². The van der Waals surface area contributed by atoms with E-state index in [-0.39, 0.29) is 16.9 Å².